The zero-order valence-corrected chi connectivity index (χ0v) is 10.5. The van der Waals surface area contributed by atoms with E-state index in [-0.39, 0.29) is 8.41 Å². The molecule has 98 valence electrons. The summed E-state index contributed by atoms with van der Waals surface area (Å²) < 4.78 is 5.70. The molecule has 0 radical (unpaired) electrons. The Balaban J connectivity index is 0.00000162. The molecule has 2 rings (SSSR count). The van der Waals surface area contributed by atoms with Crippen LogP contribution >= 0.6 is 0 Å². The topological polar surface area (TPSA) is 48.5 Å². The summed E-state index contributed by atoms with van der Waals surface area (Å²) in [5.74, 6) is 0. The van der Waals surface area contributed by atoms with Gasteiger partial charge in [-0.15, -0.1) is 5.10 Å². The van der Waals surface area contributed by atoms with Crippen molar-refractivity contribution in [3.8, 4) is 0 Å². The number of urea groups is 1. The van der Waals surface area contributed by atoms with Crippen LogP contribution in [-0.4, -0.2) is 67.6 Å². The molecule has 6 nitrogen and oxygen atoms in total. The van der Waals surface area contributed by atoms with Crippen molar-refractivity contribution in [3.63, 3.8) is 0 Å². The molecule has 1 aromatic heterocycles. The van der Waals surface area contributed by atoms with Crippen LogP contribution < -0.4 is 0 Å². The van der Waals surface area contributed by atoms with Crippen molar-refractivity contribution in [2.75, 3.05) is 28.2 Å². The lowest BCUT2D eigenvalue weighted by Gasteiger charge is -2.10. The first-order chi connectivity index (χ1) is 8.09. The highest BCUT2D eigenvalue weighted by molar-refractivity contribution is 5.76. The van der Waals surface area contributed by atoms with Gasteiger partial charge >= 0.3 is 6.03 Å². The van der Waals surface area contributed by atoms with E-state index in [1.807, 2.05) is 62.3 Å². The van der Waals surface area contributed by atoms with E-state index in [2.05, 4.69) is 10.3 Å². The third-order valence-electron chi connectivity index (χ3n) is 2.25. The molecular weight excluding hydrogens is 229 g/mol. The second-order valence-electron chi connectivity index (χ2n) is 4.11. The molecule has 0 N–H and O–H groups in total. The highest BCUT2D eigenvalue weighted by Crippen LogP contribution is 2.11. The van der Waals surface area contributed by atoms with Gasteiger partial charge in [0, 0.05) is 33.4 Å². The summed E-state index contributed by atoms with van der Waals surface area (Å²) >= 11 is 0. The van der Waals surface area contributed by atoms with Crippen LogP contribution in [0.4, 0.5) is 4.53 Å². The lowest BCUT2D eigenvalue weighted by atomic mass is 10.3. The average Bonchev–Trinajstić information content (AvgIpc) is 2.68. The smallest absolute Gasteiger partial charge is 0.279 e. The number of hydrogen-bond donors (Lipinski definition) is 0. The number of hydrogen-bond acceptors (Lipinski definition) is 2. The molecule has 1 heterocycles. The predicted octanol–water partition coefficient (Wildman–Crippen LogP) is -0.478. The zero-order valence-electron chi connectivity index (χ0n) is 10.5. The van der Waals surface area contributed by atoms with E-state index in [1.165, 1.54) is 4.85 Å². The minimum atomic E-state index is 0. The molecule has 0 unspecified atom stereocenters. The largest absolute Gasteiger partial charge is 0.554 e. The number of fused-ring (bicyclic) bond motifs is 1. The molecule has 0 saturated heterocycles. The number of nitrogens with zero attached hydrogens (tertiary/aromatic N) is 5. The minimum Gasteiger partial charge on any atom is -0.279 e. The van der Waals surface area contributed by atoms with Gasteiger partial charge in [0.15, 0.2) is 5.52 Å². The Morgan fingerprint density at radius 2 is 1.72 bits per heavy atom. The van der Waals surface area contributed by atoms with E-state index >= 15 is 0 Å². The van der Waals surface area contributed by atoms with E-state index in [9.17, 15) is 0 Å². The van der Waals surface area contributed by atoms with E-state index in [0.717, 1.165) is 11.0 Å². The monoisotopic (exact) mass is 249 g/mol. The average molecular weight is 249 g/mol. The van der Waals surface area contributed by atoms with Crippen LogP contribution in [0.25, 0.3) is 11.0 Å². The number of benzene rings is 1. The molecule has 0 atom stereocenters. The van der Waals surface area contributed by atoms with E-state index in [0.29, 0.717) is 6.03 Å². The van der Waals surface area contributed by atoms with Gasteiger partial charge in [-0.2, -0.15) is 0 Å². The second-order valence-corrected chi connectivity index (χ2v) is 4.11. The maximum atomic E-state index is 5.70. The molecule has 2 aromatic rings. The Morgan fingerprint density at radius 1 is 1.11 bits per heavy atom. The van der Waals surface area contributed by atoms with Gasteiger partial charge in [0.25, 0.3) is 0 Å². The van der Waals surface area contributed by atoms with Crippen LogP contribution in [-0.2, 0) is 0 Å². The van der Waals surface area contributed by atoms with E-state index in [1.54, 1.807) is 0 Å². The molecule has 1 aromatic carbocycles. The molecule has 2 amide bonds. The third kappa shape index (κ3) is 2.61. The van der Waals surface area contributed by atoms with Gasteiger partial charge in [0.1, 0.15) is 10.4 Å². The van der Waals surface area contributed by atoms with Crippen LogP contribution in [0.1, 0.15) is 0 Å². The Bertz CT molecular complexity index is 539. The fourth-order valence-electron chi connectivity index (χ4n) is 1.56. The van der Waals surface area contributed by atoms with Gasteiger partial charge < -0.3 is 0 Å². The maximum Gasteiger partial charge on any atom is 0.554 e. The second kappa shape index (κ2) is 5.53. The first kappa shape index (κ1) is 14.0. The molecule has 0 aliphatic rings. The number of aromatic nitrogens is 3. The molecule has 7 heteroatoms. The normalized spacial score (nSPS) is 9.78. The maximum absolute atomic E-state index is 5.70. The summed E-state index contributed by atoms with van der Waals surface area (Å²) in [6, 6.07) is 8.34. The van der Waals surface area contributed by atoms with Crippen molar-refractivity contribution in [2.24, 2.45) is 0 Å². The van der Waals surface area contributed by atoms with Gasteiger partial charge in [-0.05, 0) is 16.7 Å². The van der Waals surface area contributed by atoms with Crippen molar-refractivity contribution in [1.82, 2.24) is 25.0 Å². The van der Waals surface area contributed by atoms with Crippen LogP contribution in [0.2, 0.25) is 0 Å². The molecule has 0 aliphatic heterocycles. The highest BCUT2D eigenvalue weighted by atomic mass is 16.6. The fourth-order valence-corrected chi connectivity index (χ4v) is 1.56. The molecule has 0 spiro atoms. The first-order valence-corrected chi connectivity index (χ1v) is 5.30. The van der Waals surface area contributed by atoms with Crippen LogP contribution in [0.5, 0.6) is 0 Å². The van der Waals surface area contributed by atoms with Crippen molar-refractivity contribution in [1.29, 1.82) is 0 Å². The number of para-hydroxylation sites is 1. The molecule has 0 aliphatic carbocycles. The standard InChI is InChI=1S/C11H16N5O.BH4/c1-14(2)11(15(3)4)17-16-10-8-6-5-7-9(10)12-13-16;/h5-8H,1-4H3;1H4/q+1;-1. The van der Waals surface area contributed by atoms with E-state index < -0.39 is 0 Å². The predicted molar refractivity (Wildman–Crippen MR) is 77.0 cm³/mol. The Labute approximate surface area is 108 Å². The Hall–Kier alpha value is -2.05. The summed E-state index contributed by atoms with van der Waals surface area (Å²) in [7, 11) is 7.64. The van der Waals surface area contributed by atoms with Gasteiger partial charge in [-0.25, -0.2) is 0 Å². The van der Waals surface area contributed by atoms with Crippen LogP contribution in [0.15, 0.2) is 24.3 Å². The van der Waals surface area contributed by atoms with Crippen LogP contribution in [0, 0.1) is 0 Å². The summed E-state index contributed by atoms with van der Waals surface area (Å²) in [5, 5.41) is 8.00. The van der Waals surface area contributed by atoms with Crippen LogP contribution in [0.3, 0.4) is 0 Å². The van der Waals surface area contributed by atoms with Crippen molar-refractivity contribution in [3.05, 3.63) is 24.3 Å². The van der Waals surface area contributed by atoms with Gasteiger partial charge in [0.2, 0.25) is 0 Å². The SMILES string of the molecule is CN(C)C(=[O+]n1nnc2ccccc21)N(C)C.[BH4-]. The lowest BCUT2D eigenvalue weighted by Crippen LogP contribution is -2.35. The fraction of sp³-hybridized carbons (Fsp3) is 0.364. The summed E-state index contributed by atoms with van der Waals surface area (Å²) in [5.41, 5.74) is 1.65. The third-order valence-corrected chi connectivity index (χ3v) is 2.25. The summed E-state index contributed by atoms with van der Waals surface area (Å²) in [6.07, 6.45) is 0. The van der Waals surface area contributed by atoms with Gasteiger partial charge in [-0.1, -0.05) is 20.5 Å². The lowest BCUT2D eigenvalue weighted by molar-refractivity contribution is -0.244. The summed E-state index contributed by atoms with van der Waals surface area (Å²) in [4.78, 5) is 5.16. The Kier molecular flexibility index (Phi) is 4.30. The number of carbonyl (C=O) groups excluding carboxylic acids is 1. The zero-order chi connectivity index (χ0) is 12.4. The molecule has 0 saturated carbocycles. The quantitative estimate of drug-likeness (QED) is 0.506. The molecule has 18 heavy (non-hydrogen) atoms. The summed E-state index contributed by atoms with van der Waals surface area (Å²) in [6.45, 7) is 0. The van der Waals surface area contributed by atoms with Crippen molar-refractivity contribution >= 4 is 25.5 Å². The highest BCUT2D eigenvalue weighted by Gasteiger charge is 2.22. The minimum absolute atomic E-state index is 0. The van der Waals surface area contributed by atoms with Gasteiger partial charge in [0.05, 0.1) is 0 Å². The van der Waals surface area contributed by atoms with Crippen molar-refractivity contribution < 1.29 is 4.53 Å². The number of rotatable bonds is 1. The molecule has 0 fully saturated rings. The van der Waals surface area contributed by atoms with Crippen molar-refractivity contribution in [2.45, 2.75) is 0 Å². The van der Waals surface area contributed by atoms with E-state index in [4.69, 9.17) is 4.53 Å². The number of amides is 2. The molecular formula is C11H20BN5O. The van der Waals surface area contributed by atoms with Gasteiger partial charge in [-0.3, -0.25) is 9.80 Å². The Morgan fingerprint density at radius 3 is 2.33 bits per heavy atom. The first-order valence-electron chi connectivity index (χ1n) is 5.30. The molecule has 0 bridgehead atoms.